The molecule has 0 aliphatic heterocycles. The lowest BCUT2D eigenvalue weighted by atomic mass is 10.1. The van der Waals surface area contributed by atoms with E-state index < -0.39 is 0 Å². The van der Waals surface area contributed by atoms with Gasteiger partial charge >= 0.3 is 0 Å². The first-order valence-corrected chi connectivity index (χ1v) is 8.50. The molecule has 0 amide bonds. The first-order valence-electron chi connectivity index (χ1n) is 7.11. The van der Waals surface area contributed by atoms with Crippen LogP contribution in [0.25, 0.3) is 0 Å². The molecule has 1 aromatic heterocycles. The van der Waals surface area contributed by atoms with Crippen molar-refractivity contribution in [2.45, 2.75) is 52.2 Å². The molecular formula is C15H28N4S. The van der Waals surface area contributed by atoms with Crippen LogP contribution in [0.2, 0.25) is 0 Å². The lowest BCUT2D eigenvalue weighted by Crippen LogP contribution is -2.35. The molecule has 1 N–H and O–H groups in total. The Morgan fingerprint density at radius 2 is 2.00 bits per heavy atom. The van der Waals surface area contributed by atoms with Crippen molar-refractivity contribution in [1.82, 2.24) is 15.3 Å². The van der Waals surface area contributed by atoms with Crippen molar-refractivity contribution < 1.29 is 0 Å². The summed E-state index contributed by atoms with van der Waals surface area (Å²) in [4.78, 5) is 11.2. The van der Waals surface area contributed by atoms with Crippen molar-refractivity contribution in [3.05, 3.63) is 18.1 Å². The summed E-state index contributed by atoms with van der Waals surface area (Å²) in [6.07, 6.45) is 7.04. The first kappa shape index (κ1) is 17.2. The van der Waals surface area contributed by atoms with Crippen LogP contribution in [-0.4, -0.2) is 40.6 Å². The Hall–Kier alpha value is -0.810. The SMILES string of the molecule is CSCCC(C)N(C)c1cnc(CNC(C)(C)C)cn1. The molecule has 1 rings (SSSR count). The third-order valence-corrected chi connectivity index (χ3v) is 3.90. The molecule has 0 aromatic carbocycles. The zero-order valence-electron chi connectivity index (χ0n) is 13.6. The lowest BCUT2D eigenvalue weighted by Gasteiger charge is -2.25. The predicted octanol–water partition coefficient (Wildman–Crippen LogP) is 2.94. The maximum absolute atomic E-state index is 4.53. The van der Waals surface area contributed by atoms with Crippen LogP contribution in [0.5, 0.6) is 0 Å². The second kappa shape index (κ2) is 7.84. The van der Waals surface area contributed by atoms with Gasteiger partial charge in [0.15, 0.2) is 0 Å². The summed E-state index contributed by atoms with van der Waals surface area (Å²) in [6.45, 7) is 9.43. The largest absolute Gasteiger partial charge is 0.356 e. The summed E-state index contributed by atoms with van der Waals surface area (Å²) >= 11 is 1.88. The maximum Gasteiger partial charge on any atom is 0.147 e. The van der Waals surface area contributed by atoms with Crippen LogP contribution in [0.15, 0.2) is 12.4 Å². The van der Waals surface area contributed by atoms with E-state index in [0.29, 0.717) is 6.04 Å². The molecule has 0 bridgehead atoms. The second-order valence-electron chi connectivity index (χ2n) is 6.21. The minimum atomic E-state index is 0.101. The minimum Gasteiger partial charge on any atom is -0.356 e. The van der Waals surface area contributed by atoms with E-state index in [1.807, 2.05) is 24.2 Å². The standard InChI is InChI=1S/C15H28N4S/c1-12(7-8-20-6)19(5)14-11-16-13(9-17-14)10-18-15(2,3)4/h9,11-12,18H,7-8,10H2,1-6H3. The van der Waals surface area contributed by atoms with E-state index in [1.165, 1.54) is 5.75 Å². The Bertz CT molecular complexity index is 386. The van der Waals surface area contributed by atoms with E-state index in [-0.39, 0.29) is 5.54 Å². The van der Waals surface area contributed by atoms with Gasteiger partial charge in [-0.25, -0.2) is 4.98 Å². The molecule has 0 radical (unpaired) electrons. The van der Waals surface area contributed by atoms with Crippen molar-refractivity contribution in [3.8, 4) is 0 Å². The molecular weight excluding hydrogens is 268 g/mol. The number of nitrogens with zero attached hydrogens (tertiary/aromatic N) is 3. The summed E-state index contributed by atoms with van der Waals surface area (Å²) in [5.74, 6) is 2.12. The number of aromatic nitrogens is 2. The van der Waals surface area contributed by atoms with Crippen LogP contribution < -0.4 is 10.2 Å². The fourth-order valence-electron chi connectivity index (χ4n) is 1.68. The topological polar surface area (TPSA) is 41.1 Å². The zero-order valence-corrected chi connectivity index (χ0v) is 14.4. The van der Waals surface area contributed by atoms with E-state index in [0.717, 1.165) is 24.5 Å². The highest BCUT2D eigenvalue weighted by Crippen LogP contribution is 2.14. The second-order valence-corrected chi connectivity index (χ2v) is 7.20. The third-order valence-electron chi connectivity index (χ3n) is 3.25. The molecule has 0 saturated carbocycles. The predicted molar refractivity (Wildman–Crippen MR) is 89.5 cm³/mol. The zero-order chi connectivity index (χ0) is 15.2. The molecule has 1 heterocycles. The molecule has 114 valence electrons. The summed E-state index contributed by atoms with van der Waals surface area (Å²) in [7, 11) is 2.09. The van der Waals surface area contributed by atoms with Crippen LogP contribution in [-0.2, 0) is 6.54 Å². The smallest absolute Gasteiger partial charge is 0.147 e. The summed E-state index contributed by atoms with van der Waals surface area (Å²) in [6, 6.07) is 0.482. The molecule has 20 heavy (non-hydrogen) atoms. The minimum absolute atomic E-state index is 0.101. The van der Waals surface area contributed by atoms with Crippen LogP contribution in [0.1, 0.15) is 39.8 Å². The highest BCUT2D eigenvalue weighted by Gasteiger charge is 2.12. The normalized spacial score (nSPS) is 13.3. The molecule has 5 heteroatoms. The van der Waals surface area contributed by atoms with Crippen LogP contribution in [0.4, 0.5) is 5.82 Å². The molecule has 4 nitrogen and oxygen atoms in total. The summed E-state index contributed by atoms with van der Waals surface area (Å²) in [5, 5.41) is 3.42. The van der Waals surface area contributed by atoms with Crippen LogP contribution in [0.3, 0.4) is 0 Å². The molecule has 1 aromatic rings. The molecule has 0 spiro atoms. The van der Waals surface area contributed by atoms with Gasteiger partial charge in [-0.3, -0.25) is 4.98 Å². The fourth-order valence-corrected chi connectivity index (χ4v) is 2.26. The molecule has 0 saturated heterocycles. The van der Waals surface area contributed by atoms with Gasteiger partial charge in [-0.1, -0.05) is 0 Å². The monoisotopic (exact) mass is 296 g/mol. The maximum atomic E-state index is 4.53. The Morgan fingerprint density at radius 1 is 1.30 bits per heavy atom. The van der Waals surface area contributed by atoms with Crippen molar-refractivity contribution in [1.29, 1.82) is 0 Å². The average Bonchev–Trinajstić information content (AvgIpc) is 2.41. The van der Waals surface area contributed by atoms with Gasteiger partial charge in [0.05, 0.1) is 18.1 Å². The van der Waals surface area contributed by atoms with Gasteiger partial charge in [-0.15, -0.1) is 0 Å². The third kappa shape index (κ3) is 6.09. The van der Waals surface area contributed by atoms with Crippen molar-refractivity contribution >= 4 is 17.6 Å². The van der Waals surface area contributed by atoms with Gasteiger partial charge in [0.2, 0.25) is 0 Å². The average molecular weight is 296 g/mol. The lowest BCUT2D eigenvalue weighted by molar-refractivity contribution is 0.421. The van der Waals surface area contributed by atoms with E-state index >= 15 is 0 Å². The summed E-state index contributed by atoms with van der Waals surface area (Å²) in [5.41, 5.74) is 1.08. The van der Waals surface area contributed by atoms with Crippen LogP contribution >= 0.6 is 11.8 Å². The highest BCUT2D eigenvalue weighted by atomic mass is 32.2. The highest BCUT2D eigenvalue weighted by molar-refractivity contribution is 7.98. The van der Waals surface area contributed by atoms with Crippen molar-refractivity contribution in [3.63, 3.8) is 0 Å². The van der Waals surface area contributed by atoms with Crippen molar-refractivity contribution in [2.75, 3.05) is 24.0 Å². The van der Waals surface area contributed by atoms with Gasteiger partial charge in [0.25, 0.3) is 0 Å². The van der Waals surface area contributed by atoms with Gasteiger partial charge < -0.3 is 10.2 Å². The van der Waals surface area contributed by atoms with E-state index in [4.69, 9.17) is 0 Å². The first-order chi connectivity index (χ1) is 9.33. The van der Waals surface area contributed by atoms with E-state index in [2.05, 4.69) is 61.2 Å². The Morgan fingerprint density at radius 3 is 2.50 bits per heavy atom. The number of anilines is 1. The Balaban J connectivity index is 2.57. The molecule has 0 aliphatic carbocycles. The van der Waals surface area contributed by atoms with E-state index in [1.54, 1.807) is 0 Å². The number of rotatable bonds is 7. The van der Waals surface area contributed by atoms with Gasteiger partial charge in [0, 0.05) is 25.2 Å². The number of hydrogen-bond donors (Lipinski definition) is 1. The molecule has 1 unspecified atom stereocenters. The number of thioether (sulfide) groups is 1. The van der Waals surface area contributed by atoms with Gasteiger partial charge in [-0.2, -0.15) is 11.8 Å². The van der Waals surface area contributed by atoms with Gasteiger partial charge in [-0.05, 0) is 46.1 Å². The Labute approximate surface area is 127 Å². The Kier molecular flexibility index (Phi) is 6.76. The van der Waals surface area contributed by atoms with Gasteiger partial charge in [0.1, 0.15) is 5.82 Å². The quantitative estimate of drug-likeness (QED) is 0.838. The molecule has 1 atom stereocenters. The number of hydrogen-bond acceptors (Lipinski definition) is 5. The van der Waals surface area contributed by atoms with Crippen LogP contribution in [0, 0.1) is 0 Å². The molecule has 0 fully saturated rings. The molecule has 0 aliphatic rings. The van der Waals surface area contributed by atoms with E-state index in [9.17, 15) is 0 Å². The number of nitrogens with one attached hydrogen (secondary N) is 1. The summed E-state index contributed by atoms with van der Waals surface area (Å²) < 4.78 is 0. The fraction of sp³-hybridized carbons (Fsp3) is 0.733. The van der Waals surface area contributed by atoms with Crippen molar-refractivity contribution in [2.24, 2.45) is 0 Å².